The van der Waals surface area contributed by atoms with Crippen molar-refractivity contribution in [2.45, 2.75) is 43.1 Å². The lowest BCUT2D eigenvalue weighted by Crippen LogP contribution is -2.30. The van der Waals surface area contributed by atoms with Crippen molar-refractivity contribution in [1.29, 1.82) is 0 Å². The normalized spacial score (nSPS) is 15.5. The summed E-state index contributed by atoms with van der Waals surface area (Å²) in [5, 5.41) is 12.3. The van der Waals surface area contributed by atoms with E-state index in [1.165, 1.54) is 43.2 Å². The van der Waals surface area contributed by atoms with Gasteiger partial charge in [-0.1, -0.05) is 41.9 Å². The van der Waals surface area contributed by atoms with E-state index in [0.717, 1.165) is 24.6 Å². The summed E-state index contributed by atoms with van der Waals surface area (Å²) in [6, 6.07) is 13.4. The third-order valence-corrected chi connectivity index (χ3v) is 6.75. The Kier molecular flexibility index (Phi) is 7.44. The molecule has 1 saturated heterocycles. The van der Waals surface area contributed by atoms with Gasteiger partial charge in [0.2, 0.25) is 5.91 Å². The van der Waals surface area contributed by atoms with Gasteiger partial charge in [0.1, 0.15) is 5.82 Å². The Bertz CT molecular complexity index is 1070. The van der Waals surface area contributed by atoms with Gasteiger partial charge in [-0.2, -0.15) is 0 Å². The minimum absolute atomic E-state index is 0.186. The SMILES string of the molecule is CC(Sc1nnc(CN2CCCCC2)n1-c1ccc(F)cc1)C(=O)Nc1ccccc1Cl. The molecule has 1 amide bonds. The zero-order chi connectivity index (χ0) is 22.5. The van der Waals surface area contributed by atoms with Gasteiger partial charge in [0.25, 0.3) is 0 Å². The van der Waals surface area contributed by atoms with Crippen LogP contribution in [0.25, 0.3) is 5.69 Å². The number of thioether (sulfide) groups is 1. The molecule has 1 aromatic heterocycles. The zero-order valence-corrected chi connectivity index (χ0v) is 19.4. The second-order valence-electron chi connectivity index (χ2n) is 7.78. The van der Waals surface area contributed by atoms with Crippen molar-refractivity contribution in [2.24, 2.45) is 0 Å². The number of halogens is 2. The van der Waals surface area contributed by atoms with E-state index in [2.05, 4.69) is 20.4 Å². The second kappa shape index (κ2) is 10.5. The Morgan fingerprint density at radius 1 is 1.12 bits per heavy atom. The molecule has 1 unspecified atom stereocenters. The van der Waals surface area contributed by atoms with E-state index in [-0.39, 0.29) is 11.7 Å². The highest BCUT2D eigenvalue weighted by atomic mass is 35.5. The first-order valence-electron chi connectivity index (χ1n) is 10.7. The molecule has 1 aliphatic rings. The van der Waals surface area contributed by atoms with E-state index in [0.29, 0.717) is 22.4 Å². The number of piperidine rings is 1. The maximum Gasteiger partial charge on any atom is 0.237 e. The number of carbonyl (C=O) groups is 1. The first kappa shape index (κ1) is 22.8. The molecule has 2 heterocycles. The fraction of sp³-hybridized carbons (Fsp3) is 0.348. The molecule has 0 bridgehead atoms. The number of likely N-dealkylation sites (tertiary alicyclic amines) is 1. The molecule has 1 atom stereocenters. The number of anilines is 1. The topological polar surface area (TPSA) is 63.1 Å². The second-order valence-corrected chi connectivity index (χ2v) is 9.49. The third kappa shape index (κ3) is 5.49. The molecule has 4 rings (SSSR count). The molecule has 3 aromatic rings. The van der Waals surface area contributed by atoms with E-state index in [1.807, 2.05) is 23.6 Å². The number of carbonyl (C=O) groups excluding carboxylic acids is 1. The van der Waals surface area contributed by atoms with Crippen LogP contribution in [0.3, 0.4) is 0 Å². The lowest BCUT2D eigenvalue weighted by molar-refractivity contribution is -0.115. The van der Waals surface area contributed by atoms with Gasteiger partial charge in [0.15, 0.2) is 11.0 Å². The number of aromatic nitrogens is 3. The van der Waals surface area contributed by atoms with Crippen LogP contribution in [0.15, 0.2) is 53.7 Å². The highest BCUT2D eigenvalue weighted by molar-refractivity contribution is 8.00. The number of amides is 1. The van der Waals surface area contributed by atoms with Gasteiger partial charge >= 0.3 is 0 Å². The van der Waals surface area contributed by atoms with Crippen molar-refractivity contribution in [3.63, 3.8) is 0 Å². The summed E-state index contributed by atoms with van der Waals surface area (Å²) in [4.78, 5) is 15.1. The van der Waals surface area contributed by atoms with Gasteiger partial charge in [-0.25, -0.2) is 4.39 Å². The average Bonchev–Trinajstić information content (AvgIpc) is 3.18. The maximum absolute atomic E-state index is 13.5. The van der Waals surface area contributed by atoms with Crippen LogP contribution in [-0.4, -0.2) is 43.9 Å². The average molecular weight is 474 g/mol. The fourth-order valence-electron chi connectivity index (χ4n) is 3.65. The van der Waals surface area contributed by atoms with Gasteiger partial charge in [0, 0.05) is 5.69 Å². The number of benzene rings is 2. The lowest BCUT2D eigenvalue weighted by Gasteiger charge is -2.26. The predicted octanol–water partition coefficient (Wildman–Crippen LogP) is 5.17. The summed E-state index contributed by atoms with van der Waals surface area (Å²) in [5.74, 6) is 0.287. The summed E-state index contributed by atoms with van der Waals surface area (Å²) in [6.07, 6.45) is 3.59. The van der Waals surface area contributed by atoms with Crippen LogP contribution in [-0.2, 0) is 11.3 Å². The highest BCUT2D eigenvalue weighted by Gasteiger charge is 2.23. The first-order valence-corrected chi connectivity index (χ1v) is 11.9. The first-order chi connectivity index (χ1) is 15.5. The summed E-state index contributed by atoms with van der Waals surface area (Å²) < 4.78 is 15.5. The Morgan fingerprint density at radius 3 is 2.56 bits per heavy atom. The molecule has 0 aliphatic carbocycles. The van der Waals surface area contributed by atoms with Crippen LogP contribution < -0.4 is 5.32 Å². The van der Waals surface area contributed by atoms with Crippen molar-refractivity contribution in [3.05, 3.63) is 65.2 Å². The molecule has 0 saturated carbocycles. The van der Waals surface area contributed by atoms with Crippen molar-refractivity contribution >= 4 is 35.0 Å². The van der Waals surface area contributed by atoms with Crippen LogP contribution in [0.2, 0.25) is 5.02 Å². The number of nitrogens with zero attached hydrogens (tertiary/aromatic N) is 4. The number of rotatable bonds is 7. The van der Waals surface area contributed by atoms with Crippen LogP contribution in [0.5, 0.6) is 0 Å². The van der Waals surface area contributed by atoms with E-state index < -0.39 is 5.25 Å². The number of hydrogen-bond acceptors (Lipinski definition) is 5. The van der Waals surface area contributed by atoms with Crippen LogP contribution in [0.4, 0.5) is 10.1 Å². The standard InChI is InChI=1S/C23H25ClFN5OS/c1-16(22(31)26-20-8-4-3-7-19(20)24)32-23-28-27-21(15-29-13-5-2-6-14-29)30(23)18-11-9-17(25)10-12-18/h3-4,7-12,16H,2,5-6,13-15H2,1H3,(H,26,31). The maximum atomic E-state index is 13.5. The molecular formula is C23H25ClFN5OS. The summed E-state index contributed by atoms with van der Waals surface area (Å²) in [6.45, 7) is 4.51. The van der Waals surface area contributed by atoms with Crippen LogP contribution in [0.1, 0.15) is 32.0 Å². The van der Waals surface area contributed by atoms with E-state index in [9.17, 15) is 9.18 Å². The monoisotopic (exact) mass is 473 g/mol. The summed E-state index contributed by atoms with van der Waals surface area (Å²) in [5.41, 5.74) is 1.34. The van der Waals surface area contributed by atoms with Gasteiger partial charge in [-0.3, -0.25) is 14.3 Å². The van der Waals surface area contributed by atoms with Gasteiger partial charge < -0.3 is 5.32 Å². The van der Waals surface area contributed by atoms with Gasteiger partial charge in [-0.15, -0.1) is 10.2 Å². The minimum Gasteiger partial charge on any atom is -0.324 e. The molecule has 168 valence electrons. The van der Waals surface area contributed by atoms with E-state index >= 15 is 0 Å². The molecular weight excluding hydrogens is 449 g/mol. The molecule has 0 spiro atoms. The minimum atomic E-state index is -0.447. The van der Waals surface area contributed by atoms with Crippen molar-refractivity contribution in [2.75, 3.05) is 18.4 Å². The molecule has 2 aromatic carbocycles. The Balaban J connectivity index is 1.56. The van der Waals surface area contributed by atoms with Crippen molar-refractivity contribution in [1.82, 2.24) is 19.7 Å². The molecule has 1 fully saturated rings. The van der Waals surface area contributed by atoms with E-state index in [1.54, 1.807) is 24.3 Å². The molecule has 0 radical (unpaired) electrons. The highest BCUT2D eigenvalue weighted by Crippen LogP contribution is 2.28. The quantitative estimate of drug-likeness (QED) is 0.480. The number of nitrogens with one attached hydrogen (secondary N) is 1. The lowest BCUT2D eigenvalue weighted by atomic mass is 10.1. The molecule has 9 heteroatoms. The van der Waals surface area contributed by atoms with Crippen LogP contribution in [0, 0.1) is 5.82 Å². The molecule has 1 aliphatic heterocycles. The summed E-state index contributed by atoms with van der Waals surface area (Å²) in [7, 11) is 0. The van der Waals surface area contributed by atoms with Crippen molar-refractivity contribution in [3.8, 4) is 5.69 Å². The molecule has 32 heavy (non-hydrogen) atoms. The number of para-hydroxylation sites is 1. The third-order valence-electron chi connectivity index (χ3n) is 5.38. The predicted molar refractivity (Wildman–Crippen MR) is 126 cm³/mol. The Hall–Kier alpha value is -2.42. The number of hydrogen-bond donors (Lipinski definition) is 1. The molecule has 6 nitrogen and oxygen atoms in total. The summed E-state index contributed by atoms with van der Waals surface area (Å²) >= 11 is 7.47. The largest absolute Gasteiger partial charge is 0.324 e. The molecule has 1 N–H and O–H groups in total. The van der Waals surface area contributed by atoms with Crippen molar-refractivity contribution < 1.29 is 9.18 Å². The fourth-order valence-corrected chi connectivity index (χ4v) is 4.72. The van der Waals surface area contributed by atoms with Crippen LogP contribution >= 0.6 is 23.4 Å². The van der Waals surface area contributed by atoms with E-state index in [4.69, 9.17) is 11.6 Å². The smallest absolute Gasteiger partial charge is 0.237 e. The van der Waals surface area contributed by atoms with Gasteiger partial charge in [0.05, 0.1) is 22.5 Å². The Labute approximate surface area is 196 Å². The zero-order valence-electron chi connectivity index (χ0n) is 17.8. The Morgan fingerprint density at radius 2 is 1.84 bits per heavy atom. The van der Waals surface area contributed by atoms with Gasteiger partial charge in [-0.05, 0) is 69.3 Å².